The fraction of sp³-hybridized carbons (Fsp3) is 0.208. The van der Waals surface area contributed by atoms with Crippen LogP contribution in [0.4, 0.5) is 5.13 Å². The molecular weight excluding hydrogens is 410 g/mol. The highest BCUT2D eigenvalue weighted by atomic mass is 32.1. The maximum absolute atomic E-state index is 11.9. The molecule has 0 aliphatic rings. The molecule has 0 saturated heterocycles. The SMILES string of the molecule is COC(=O)c1sc(NN=c2cc(-c3ccc(C)cc3)oc3c(C)cc(C)cc23)nc1C. The molecule has 0 aliphatic carbocycles. The fourth-order valence-corrected chi connectivity index (χ4v) is 4.24. The summed E-state index contributed by atoms with van der Waals surface area (Å²) < 4.78 is 11.1. The van der Waals surface area contributed by atoms with Crippen LogP contribution < -0.4 is 10.8 Å². The second kappa shape index (κ2) is 8.35. The summed E-state index contributed by atoms with van der Waals surface area (Å²) >= 11 is 1.21. The van der Waals surface area contributed by atoms with E-state index in [1.807, 2.05) is 32.0 Å². The summed E-state index contributed by atoms with van der Waals surface area (Å²) in [5.74, 6) is 0.325. The number of nitrogens with zero attached hydrogens (tertiary/aromatic N) is 2. The number of carbonyl (C=O) groups is 1. The van der Waals surface area contributed by atoms with E-state index in [0.717, 1.165) is 38.8 Å². The van der Waals surface area contributed by atoms with Gasteiger partial charge in [-0.25, -0.2) is 9.78 Å². The topological polar surface area (TPSA) is 76.7 Å². The summed E-state index contributed by atoms with van der Waals surface area (Å²) in [4.78, 5) is 16.7. The number of hydrogen-bond donors (Lipinski definition) is 1. The number of ether oxygens (including phenoxy) is 1. The number of carbonyl (C=O) groups excluding carboxylic acids is 1. The Hall–Kier alpha value is -3.45. The Morgan fingerprint density at radius 2 is 1.81 bits per heavy atom. The Labute approximate surface area is 184 Å². The minimum absolute atomic E-state index is 0.403. The van der Waals surface area contributed by atoms with Crippen LogP contribution in [0.15, 0.2) is 52.0 Å². The molecule has 0 spiro atoms. The maximum Gasteiger partial charge on any atom is 0.350 e. The molecule has 0 aliphatic heterocycles. The third kappa shape index (κ3) is 4.22. The molecule has 2 heterocycles. The molecule has 0 radical (unpaired) electrons. The number of methoxy groups -OCH3 is 1. The number of esters is 1. The minimum atomic E-state index is -0.403. The van der Waals surface area contributed by atoms with E-state index in [2.05, 4.69) is 46.7 Å². The van der Waals surface area contributed by atoms with Gasteiger partial charge in [0.05, 0.1) is 18.2 Å². The number of fused-ring (bicyclic) bond motifs is 1. The van der Waals surface area contributed by atoms with Crippen LogP contribution in [-0.2, 0) is 4.74 Å². The van der Waals surface area contributed by atoms with Crippen LogP contribution in [0.25, 0.3) is 22.3 Å². The Balaban J connectivity index is 1.85. The number of aryl methyl sites for hydroxylation is 4. The van der Waals surface area contributed by atoms with Gasteiger partial charge in [0, 0.05) is 17.0 Å². The van der Waals surface area contributed by atoms with Crippen molar-refractivity contribution in [3.63, 3.8) is 0 Å². The minimum Gasteiger partial charge on any atom is -0.465 e. The van der Waals surface area contributed by atoms with Crippen molar-refractivity contribution in [1.29, 1.82) is 0 Å². The standard InChI is InChI=1S/C24H23N3O3S/c1-13-6-8-17(9-7-13)20-12-19(18-11-14(2)10-15(3)21(18)30-20)26-27-24-25-16(4)22(31-24)23(28)29-5/h6-12H,1-5H3,(H,25,27). The summed E-state index contributed by atoms with van der Waals surface area (Å²) in [6.45, 7) is 7.90. The zero-order valence-electron chi connectivity index (χ0n) is 18.1. The van der Waals surface area contributed by atoms with E-state index < -0.39 is 5.97 Å². The third-order valence-electron chi connectivity index (χ3n) is 4.95. The van der Waals surface area contributed by atoms with Crippen molar-refractivity contribution >= 4 is 33.4 Å². The molecule has 0 amide bonds. The van der Waals surface area contributed by atoms with Gasteiger partial charge in [-0.05, 0) is 44.9 Å². The van der Waals surface area contributed by atoms with Crippen LogP contribution in [0.5, 0.6) is 0 Å². The first-order valence-electron chi connectivity index (χ1n) is 9.83. The molecule has 2 aromatic heterocycles. The number of anilines is 1. The monoisotopic (exact) mass is 433 g/mol. The van der Waals surface area contributed by atoms with E-state index in [1.165, 1.54) is 24.0 Å². The van der Waals surface area contributed by atoms with Crippen molar-refractivity contribution in [2.45, 2.75) is 27.7 Å². The summed E-state index contributed by atoms with van der Waals surface area (Å²) in [6.07, 6.45) is 0. The van der Waals surface area contributed by atoms with Gasteiger partial charge in [0.15, 0.2) is 0 Å². The lowest BCUT2D eigenvalue weighted by Gasteiger charge is -2.08. The Bertz CT molecular complexity index is 1350. The summed E-state index contributed by atoms with van der Waals surface area (Å²) in [5, 5.41) is 6.77. The van der Waals surface area contributed by atoms with Gasteiger partial charge in [0.1, 0.15) is 16.2 Å². The van der Waals surface area contributed by atoms with Crippen LogP contribution in [0.2, 0.25) is 0 Å². The molecule has 0 bridgehead atoms. The predicted octanol–water partition coefficient (Wildman–Crippen LogP) is 5.50. The molecule has 0 fully saturated rings. The van der Waals surface area contributed by atoms with Crippen molar-refractivity contribution in [2.75, 3.05) is 12.5 Å². The predicted molar refractivity (Wildman–Crippen MR) is 123 cm³/mol. The van der Waals surface area contributed by atoms with Crippen LogP contribution in [0.3, 0.4) is 0 Å². The highest BCUT2D eigenvalue weighted by molar-refractivity contribution is 7.17. The largest absolute Gasteiger partial charge is 0.465 e. The lowest BCUT2D eigenvalue weighted by molar-refractivity contribution is 0.0605. The first-order valence-corrected chi connectivity index (χ1v) is 10.6. The van der Waals surface area contributed by atoms with E-state index in [4.69, 9.17) is 9.15 Å². The molecule has 2 aromatic carbocycles. The molecule has 0 unspecified atom stereocenters. The van der Waals surface area contributed by atoms with E-state index >= 15 is 0 Å². The Morgan fingerprint density at radius 1 is 1.06 bits per heavy atom. The van der Waals surface area contributed by atoms with Gasteiger partial charge in [-0.15, -0.1) is 0 Å². The van der Waals surface area contributed by atoms with Crippen molar-refractivity contribution in [2.24, 2.45) is 5.10 Å². The molecule has 4 aromatic rings. The van der Waals surface area contributed by atoms with Gasteiger partial charge in [-0.2, -0.15) is 5.10 Å². The van der Waals surface area contributed by atoms with Crippen LogP contribution in [-0.4, -0.2) is 18.1 Å². The van der Waals surface area contributed by atoms with Gasteiger partial charge in [0.2, 0.25) is 5.13 Å². The van der Waals surface area contributed by atoms with Crippen LogP contribution in [0.1, 0.15) is 32.1 Å². The molecule has 1 N–H and O–H groups in total. The number of benzene rings is 2. The smallest absolute Gasteiger partial charge is 0.350 e. The normalized spacial score (nSPS) is 11.7. The molecule has 7 heteroatoms. The Kier molecular flexibility index (Phi) is 5.61. The van der Waals surface area contributed by atoms with Gasteiger partial charge in [-0.3, -0.25) is 5.43 Å². The van der Waals surface area contributed by atoms with E-state index in [0.29, 0.717) is 15.7 Å². The highest BCUT2D eigenvalue weighted by Gasteiger charge is 2.15. The van der Waals surface area contributed by atoms with E-state index in [1.54, 1.807) is 6.92 Å². The van der Waals surface area contributed by atoms with Crippen molar-refractivity contribution in [3.05, 3.63) is 75.1 Å². The second-order valence-corrected chi connectivity index (χ2v) is 8.47. The molecule has 31 heavy (non-hydrogen) atoms. The van der Waals surface area contributed by atoms with Gasteiger partial charge >= 0.3 is 5.97 Å². The van der Waals surface area contributed by atoms with Gasteiger partial charge < -0.3 is 9.15 Å². The molecule has 4 rings (SSSR count). The summed E-state index contributed by atoms with van der Waals surface area (Å²) in [7, 11) is 1.36. The fourth-order valence-electron chi connectivity index (χ4n) is 3.41. The first-order chi connectivity index (χ1) is 14.9. The lowest BCUT2D eigenvalue weighted by Crippen LogP contribution is -2.08. The van der Waals surface area contributed by atoms with Gasteiger partial charge in [0.25, 0.3) is 0 Å². The molecular formula is C24H23N3O3S. The van der Waals surface area contributed by atoms with Crippen molar-refractivity contribution in [1.82, 2.24) is 4.98 Å². The first kappa shape index (κ1) is 20.8. The summed E-state index contributed by atoms with van der Waals surface area (Å²) in [6, 6.07) is 14.2. The van der Waals surface area contributed by atoms with E-state index in [-0.39, 0.29) is 0 Å². The van der Waals surface area contributed by atoms with Crippen LogP contribution in [0, 0.1) is 27.7 Å². The molecule has 0 saturated carbocycles. The lowest BCUT2D eigenvalue weighted by atomic mass is 10.1. The zero-order chi connectivity index (χ0) is 22.1. The maximum atomic E-state index is 11.9. The van der Waals surface area contributed by atoms with E-state index in [9.17, 15) is 4.79 Å². The molecule has 158 valence electrons. The van der Waals surface area contributed by atoms with Gasteiger partial charge in [-0.1, -0.05) is 47.2 Å². The number of thiazole rings is 1. The molecule has 0 atom stereocenters. The van der Waals surface area contributed by atoms with Crippen molar-refractivity contribution in [3.8, 4) is 11.3 Å². The second-order valence-electron chi connectivity index (χ2n) is 7.47. The Morgan fingerprint density at radius 3 is 2.52 bits per heavy atom. The average Bonchev–Trinajstić information content (AvgIpc) is 3.12. The number of nitrogens with one attached hydrogen (secondary N) is 1. The van der Waals surface area contributed by atoms with Crippen molar-refractivity contribution < 1.29 is 13.9 Å². The zero-order valence-corrected chi connectivity index (χ0v) is 18.9. The number of aromatic nitrogens is 1. The van der Waals surface area contributed by atoms with Crippen LogP contribution >= 0.6 is 11.3 Å². The number of rotatable bonds is 4. The third-order valence-corrected chi connectivity index (χ3v) is 5.99. The molecule has 6 nitrogen and oxygen atoms in total. The average molecular weight is 434 g/mol. The highest BCUT2D eigenvalue weighted by Crippen LogP contribution is 2.26. The quantitative estimate of drug-likeness (QED) is 0.339. The summed E-state index contributed by atoms with van der Waals surface area (Å²) in [5.41, 5.74) is 8.72. The number of hydrogen-bond acceptors (Lipinski definition) is 7.